The van der Waals surface area contributed by atoms with Crippen molar-refractivity contribution in [2.75, 3.05) is 0 Å². The van der Waals surface area contributed by atoms with Crippen LogP contribution in [-0.4, -0.2) is 4.57 Å². The number of benzene rings is 2. The highest BCUT2D eigenvalue weighted by molar-refractivity contribution is 5.98. The smallest absolute Gasteiger partial charge is 0.0533 e. The van der Waals surface area contributed by atoms with Gasteiger partial charge in [-0.1, -0.05) is 70.2 Å². The Morgan fingerprint density at radius 2 is 1.46 bits per heavy atom. The molecule has 0 aliphatic heterocycles. The maximum atomic E-state index is 2.46. The Morgan fingerprint density at radius 3 is 2.17 bits per heavy atom. The SMILES string of the molecule is Cn1c2c(c3ccccc31)C1(c3ccccc3-2)C(C)(C)CC1(C)C. The molecule has 1 fully saturated rings. The molecule has 2 aromatic carbocycles. The van der Waals surface area contributed by atoms with Crippen LogP contribution in [0.2, 0.25) is 0 Å². The van der Waals surface area contributed by atoms with E-state index in [2.05, 4.69) is 87.8 Å². The number of nitrogens with zero attached hydrogens (tertiary/aromatic N) is 1. The molecule has 1 spiro atoms. The fraction of sp³-hybridized carbons (Fsp3) is 0.391. The molecule has 24 heavy (non-hydrogen) atoms. The topological polar surface area (TPSA) is 4.93 Å². The summed E-state index contributed by atoms with van der Waals surface area (Å²) in [5.41, 5.74) is 7.98. The minimum Gasteiger partial charge on any atom is -0.343 e. The normalized spacial score (nSPS) is 21.5. The number of para-hydroxylation sites is 1. The van der Waals surface area contributed by atoms with Crippen molar-refractivity contribution in [3.8, 4) is 11.3 Å². The lowest BCUT2D eigenvalue weighted by atomic mass is 9.35. The lowest BCUT2D eigenvalue weighted by molar-refractivity contribution is -0.0849. The van der Waals surface area contributed by atoms with Crippen LogP contribution in [0, 0.1) is 10.8 Å². The summed E-state index contributed by atoms with van der Waals surface area (Å²) in [6, 6.07) is 18.1. The van der Waals surface area contributed by atoms with Crippen molar-refractivity contribution >= 4 is 10.9 Å². The molecular formula is C23H25N. The van der Waals surface area contributed by atoms with Gasteiger partial charge >= 0.3 is 0 Å². The Hall–Kier alpha value is -2.02. The van der Waals surface area contributed by atoms with Crippen LogP contribution in [0.1, 0.15) is 45.2 Å². The Labute approximate surface area is 144 Å². The molecule has 1 aromatic heterocycles. The molecule has 1 heterocycles. The monoisotopic (exact) mass is 315 g/mol. The Morgan fingerprint density at radius 1 is 0.833 bits per heavy atom. The summed E-state index contributed by atoms with van der Waals surface area (Å²) >= 11 is 0. The maximum Gasteiger partial charge on any atom is 0.0533 e. The second-order valence-corrected chi connectivity index (χ2v) is 9.04. The van der Waals surface area contributed by atoms with Gasteiger partial charge in [-0.15, -0.1) is 0 Å². The molecule has 1 heteroatoms. The third-order valence-corrected chi connectivity index (χ3v) is 6.98. The van der Waals surface area contributed by atoms with Crippen molar-refractivity contribution in [2.45, 2.75) is 39.5 Å². The van der Waals surface area contributed by atoms with Crippen molar-refractivity contribution in [1.82, 2.24) is 4.57 Å². The van der Waals surface area contributed by atoms with E-state index in [0.717, 1.165) is 0 Å². The van der Waals surface area contributed by atoms with Crippen LogP contribution in [0.4, 0.5) is 0 Å². The molecule has 122 valence electrons. The number of aromatic nitrogens is 1. The predicted molar refractivity (Wildman–Crippen MR) is 101 cm³/mol. The van der Waals surface area contributed by atoms with Crippen LogP contribution < -0.4 is 0 Å². The van der Waals surface area contributed by atoms with Crippen molar-refractivity contribution in [3.05, 3.63) is 59.7 Å². The first-order chi connectivity index (χ1) is 11.3. The van der Waals surface area contributed by atoms with Gasteiger partial charge in [-0.2, -0.15) is 0 Å². The molecule has 1 saturated carbocycles. The van der Waals surface area contributed by atoms with Gasteiger partial charge in [-0.3, -0.25) is 0 Å². The summed E-state index contributed by atoms with van der Waals surface area (Å²) in [6.07, 6.45) is 1.26. The predicted octanol–water partition coefficient (Wildman–Crippen LogP) is 5.90. The highest BCUT2D eigenvalue weighted by atomic mass is 15.0. The second-order valence-electron chi connectivity index (χ2n) is 9.04. The molecule has 2 aliphatic rings. The van der Waals surface area contributed by atoms with Crippen molar-refractivity contribution in [2.24, 2.45) is 17.9 Å². The molecule has 0 unspecified atom stereocenters. The van der Waals surface area contributed by atoms with Crippen LogP contribution in [0.3, 0.4) is 0 Å². The molecule has 0 bridgehead atoms. The number of hydrogen-bond donors (Lipinski definition) is 0. The molecule has 0 atom stereocenters. The van der Waals surface area contributed by atoms with Gasteiger partial charge in [-0.05, 0) is 34.4 Å². The first-order valence-corrected chi connectivity index (χ1v) is 9.01. The largest absolute Gasteiger partial charge is 0.343 e. The van der Waals surface area contributed by atoms with E-state index in [9.17, 15) is 0 Å². The summed E-state index contributed by atoms with van der Waals surface area (Å²) in [5.74, 6) is 0. The number of aryl methyl sites for hydroxylation is 1. The van der Waals surface area contributed by atoms with Gasteiger partial charge in [0.1, 0.15) is 0 Å². The third-order valence-electron chi connectivity index (χ3n) is 6.98. The standard InChI is InChI=1S/C23H25N/c1-21(2)14-22(3,4)23(21)17-12-8-6-10-15(17)20-19(23)16-11-7-9-13-18(16)24(20)5/h6-13H,14H2,1-5H3. The van der Waals surface area contributed by atoms with Crippen LogP contribution in [0.15, 0.2) is 48.5 Å². The molecule has 0 amide bonds. The summed E-state index contributed by atoms with van der Waals surface area (Å²) in [5, 5.41) is 1.44. The lowest BCUT2D eigenvalue weighted by Gasteiger charge is -2.67. The fourth-order valence-electron chi connectivity index (χ4n) is 6.82. The van der Waals surface area contributed by atoms with Crippen molar-refractivity contribution in [3.63, 3.8) is 0 Å². The fourth-order valence-corrected chi connectivity index (χ4v) is 6.82. The van der Waals surface area contributed by atoms with Crippen LogP contribution in [0.25, 0.3) is 22.2 Å². The van der Waals surface area contributed by atoms with Crippen molar-refractivity contribution in [1.29, 1.82) is 0 Å². The van der Waals surface area contributed by atoms with E-state index in [-0.39, 0.29) is 16.2 Å². The first kappa shape index (κ1) is 14.3. The van der Waals surface area contributed by atoms with Gasteiger partial charge in [0.2, 0.25) is 0 Å². The minimum absolute atomic E-state index is 0.104. The van der Waals surface area contributed by atoms with E-state index in [1.165, 1.54) is 34.1 Å². The molecule has 2 aliphatic carbocycles. The molecule has 0 N–H and O–H groups in total. The minimum atomic E-state index is 0.104. The van der Waals surface area contributed by atoms with E-state index in [4.69, 9.17) is 0 Å². The van der Waals surface area contributed by atoms with Gasteiger partial charge in [0.25, 0.3) is 0 Å². The van der Waals surface area contributed by atoms with Crippen molar-refractivity contribution < 1.29 is 0 Å². The summed E-state index contributed by atoms with van der Waals surface area (Å²) in [7, 11) is 2.23. The zero-order valence-corrected chi connectivity index (χ0v) is 15.3. The highest BCUT2D eigenvalue weighted by Gasteiger charge is 2.70. The number of hydrogen-bond acceptors (Lipinski definition) is 0. The summed E-state index contributed by atoms with van der Waals surface area (Å²) in [4.78, 5) is 0. The van der Waals surface area contributed by atoms with Crippen LogP contribution in [-0.2, 0) is 12.5 Å². The van der Waals surface area contributed by atoms with Gasteiger partial charge < -0.3 is 4.57 Å². The molecule has 0 radical (unpaired) electrons. The van der Waals surface area contributed by atoms with E-state index in [1.54, 1.807) is 5.56 Å². The number of rotatable bonds is 0. The first-order valence-electron chi connectivity index (χ1n) is 9.01. The lowest BCUT2D eigenvalue weighted by Crippen LogP contribution is -2.63. The highest BCUT2D eigenvalue weighted by Crippen LogP contribution is 2.76. The Balaban J connectivity index is 2.05. The average Bonchev–Trinajstić information content (AvgIpc) is 3.00. The van der Waals surface area contributed by atoms with E-state index < -0.39 is 0 Å². The molecule has 3 aromatic rings. The zero-order valence-electron chi connectivity index (χ0n) is 15.3. The second kappa shape index (κ2) is 3.96. The van der Waals surface area contributed by atoms with E-state index in [1.807, 2.05) is 0 Å². The van der Waals surface area contributed by atoms with Crippen LogP contribution >= 0.6 is 0 Å². The van der Waals surface area contributed by atoms with Gasteiger partial charge in [0.15, 0.2) is 0 Å². The summed E-state index contributed by atoms with van der Waals surface area (Å²) in [6.45, 7) is 9.86. The Kier molecular flexibility index (Phi) is 2.37. The molecule has 1 nitrogen and oxygen atoms in total. The molecule has 0 saturated heterocycles. The van der Waals surface area contributed by atoms with E-state index >= 15 is 0 Å². The van der Waals surface area contributed by atoms with Gasteiger partial charge in [0.05, 0.1) is 5.69 Å². The quantitative estimate of drug-likeness (QED) is 0.486. The maximum absolute atomic E-state index is 2.46. The average molecular weight is 315 g/mol. The summed E-state index contributed by atoms with van der Waals surface area (Å²) < 4.78 is 2.42. The van der Waals surface area contributed by atoms with E-state index in [0.29, 0.717) is 0 Å². The van der Waals surface area contributed by atoms with Crippen LogP contribution in [0.5, 0.6) is 0 Å². The number of fused-ring (bicyclic) bond motifs is 7. The Bertz CT molecular complexity index is 986. The molecular weight excluding hydrogens is 290 g/mol. The third kappa shape index (κ3) is 1.25. The van der Waals surface area contributed by atoms with Gasteiger partial charge in [-0.25, -0.2) is 0 Å². The van der Waals surface area contributed by atoms with Gasteiger partial charge in [0, 0.05) is 28.9 Å². The molecule has 5 rings (SSSR count). The zero-order chi connectivity index (χ0) is 16.9.